The maximum absolute atomic E-state index is 10.6. The molecule has 0 bridgehead atoms. The molecule has 0 aromatic rings. The van der Waals surface area contributed by atoms with Crippen molar-refractivity contribution >= 4 is 32.8 Å². The lowest BCUT2D eigenvalue weighted by Crippen LogP contribution is -2.28. The summed E-state index contributed by atoms with van der Waals surface area (Å²) in [6.07, 6.45) is -0.961. The summed E-state index contributed by atoms with van der Waals surface area (Å²) in [4.78, 5) is 34.0. The van der Waals surface area contributed by atoms with Crippen LogP contribution in [0.25, 0.3) is 0 Å². The van der Waals surface area contributed by atoms with E-state index in [1.54, 1.807) is 0 Å². The molecule has 78 valence electrons. The van der Waals surface area contributed by atoms with Crippen molar-refractivity contribution in [3.05, 3.63) is 0 Å². The van der Waals surface area contributed by atoms with Crippen molar-refractivity contribution < 1.29 is 33.8 Å². The minimum Gasteiger partial charge on any atom is -0.367 e. The standard InChI is InChI=1S/C3H8O7P2S/c4-3(1-2-13,11(5,6)7)12(8,9)10/h2,4H,1H2,(H2,5,6,7)(H2,8,9,10). The summed E-state index contributed by atoms with van der Waals surface area (Å²) in [5.41, 5.74) is 0. The Kier molecular flexibility index (Phi) is 3.95. The highest BCUT2D eigenvalue weighted by molar-refractivity contribution is 7.79. The predicted molar refractivity (Wildman–Crippen MR) is 47.3 cm³/mol. The van der Waals surface area contributed by atoms with Crippen molar-refractivity contribution in [3.63, 3.8) is 0 Å². The third-order valence-corrected chi connectivity index (χ3v) is 5.25. The molecule has 0 amide bonds. The zero-order valence-electron chi connectivity index (χ0n) is 6.14. The van der Waals surface area contributed by atoms with Crippen LogP contribution in [0.3, 0.4) is 0 Å². The van der Waals surface area contributed by atoms with Gasteiger partial charge in [-0.25, -0.2) is 0 Å². The van der Waals surface area contributed by atoms with Gasteiger partial charge in [0.1, 0.15) is 0 Å². The average molecular weight is 250 g/mol. The van der Waals surface area contributed by atoms with Crippen LogP contribution in [0.2, 0.25) is 0 Å². The van der Waals surface area contributed by atoms with E-state index < -0.39 is 26.7 Å². The smallest absolute Gasteiger partial charge is 0.367 e. The molecule has 0 saturated heterocycles. The van der Waals surface area contributed by atoms with E-state index in [1.165, 1.54) is 0 Å². The van der Waals surface area contributed by atoms with Crippen molar-refractivity contribution in [1.82, 2.24) is 0 Å². The molecule has 0 spiro atoms. The molecule has 0 aromatic carbocycles. The van der Waals surface area contributed by atoms with Crippen molar-refractivity contribution in [2.75, 3.05) is 0 Å². The first kappa shape index (κ1) is 13.4. The Morgan fingerprint density at radius 2 is 1.46 bits per heavy atom. The van der Waals surface area contributed by atoms with E-state index in [0.717, 1.165) is 0 Å². The fourth-order valence-corrected chi connectivity index (χ4v) is 3.02. The Balaban J connectivity index is 5.34. The van der Waals surface area contributed by atoms with Crippen LogP contribution in [0.4, 0.5) is 0 Å². The molecule has 0 unspecified atom stereocenters. The molecule has 13 heavy (non-hydrogen) atoms. The molecular formula is C3H8O7P2S. The van der Waals surface area contributed by atoms with Gasteiger partial charge in [0.05, 0.1) is 0 Å². The second kappa shape index (κ2) is 3.84. The van der Waals surface area contributed by atoms with Crippen molar-refractivity contribution in [2.24, 2.45) is 0 Å². The third kappa shape index (κ3) is 2.65. The summed E-state index contributed by atoms with van der Waals surface area (Å²) in [5.74, 6) is 0. The molecule has 0 aromatic heterocycles. The van der Waals surface area contributed by atoms with Gasteiger partial charge in [-0.1, -0.05) is 12.2 Å². The van der Waals surface area contributed by atoms with E-state index in [0.29, 0.717) is 5.37 Å². The number of rotatable bonds is 4. The minimum atomic E-state index is -5.33. The Morgan fingerprint density at radius 3 is 1.54 bits per heavy atom. The highest BCUT2D eigenvalue weighted by Gasteiger charge is 2.58. The van der Waals surface area contributed by atoms with Gasteiger partial charge in [0.15, 0.2) is 0 Å². The number of thiocarbonyl (C=S) groups is 1. The molecule has 0 rings (SSSR count). The molecule has 0 atom stereocenters. The van der Waals surface area contributed by atoms with Crippen molar-refractivity contribution in [2.45, 2.75) is 11.5 Å². The molecule has 0 saturated carbocycles. The largest absolute Gasteiger partial charge is 0.369 e. The predicted octanol–water partition coefficient (Wildman–Crippen LogP) is -0.622. The van der Waals surface area contributed by atoms with Crippen LogP contribution in [0.5, 0.6) is 0 Å². The van der Waals surface area contributed by atoms with Gasteiger partial charge in [-0.05, 0) is 5.37 Å². The van der Waals surface area contributed by atoms with E-state index in [9.17, 15) is 9.13 Å². The SMILES string of the molecule is O=P(O)(O)C(O)(CC=S)P(=O)(O)O. The maximum atomic E-state index is 10.6. The van der Waals surface area contributed by atoms with Gasteiger partial charge in [0, 0.05) is 6.42 Å². The number of aliphatic hydroxyl groups is 1. The summed E-state index contributed by atoms with van der Waals surface area (Å²) in [5, 5.41) is 6.31. The monoisotopic (exact) mass is 250 g/mol. The normalized spacial score (nSPS) is 14.2. The number of hydrogen-bond donors (Lipinski definition) is 5. The lowest BCUT2D eigenvalue weighted by molar-refractivity contribution is 0.138. The zero-order chi connectivity index (χ0) is 10.9. The van der Waals surface area contributed by atoms with Crippen LogP contribution in [0.1, 0.15) is 6.42 Å². The Hall–Kier alpha value is 0.350. The maximum Gasteiger partial charge on any atom is 0.369 e. The van der Waals surface area contributed by atoms with Gasteiger partial charge >= 0.3 is 15.2 Å². The molecule has 0 fully saturated rings. The molecule has 0 heterocycles. The van der Waals surface area contributed by atoms with Crippen LogP contribution in [0.15, 0.2) is 0 Å². The van der Waals surface area contributed by atoms with E-state index in [1.807, 2.05) is 0 Å². The molecule has 7 nitrogen and oxygen atoms in total. The highest BCUT2D eigenvalue weighted by atomic mass is 32.1. The molecule has 10 heteroatoms. The summed E-state index contributed by atoms with van der Waals surface area (Å²) in [6, 6.07) is 0. The van der Waals surface area contributed by atoms with Crippen LogP contribution in [-0.4, -0.2) is 35.1 Å². The number of hydrogen-bond acceptors (Lipinski definition) is 4. The molecular weight excluding hydrogens is 242 g/mol. The van der Waals surface area contributed by atoms with E-state index >= 15 is 0 Å². The van der Waals surface area contributed by atoms with E-state index in [-0.39, 0.29) is 0 Å². The van der Waals surface area contributed by atoms with Crippen molar-refractivity contribution in [3.8, 4) is 0 Å². The summed E-state index contributed by atoms with van der Waals surface area (Å²) in [7, 11) is -10.7. The third-order valence-electron chi connectivity index (χ3n) is 1.29. The molecule has 0 radical (unpaired) electrons. The van der Waals surface area contributed by atoms with Gasteiger partial charge in [0.25, 0.3) is 5.08 Å². The van der Waals surface area contributed by atoms with E-state index in [4.69, 9.17) is 24.7 Å². The Labute approximate surface area is 78.7 Å². The van der Waals surface area contributed by atoms with Crippen molar-refractivity contribution in [1.29, 1.82) is 0 Å². The van der Waals surface area contributed by atoms with Crippen LogP contribution in [0, 0.1) is 0 Å². The van der Waals surface area contributed by atoms with Gasteiger partial charge in [-0.2, -0.15) is 0 Å². The quantitative estimate of drug-likeness (QED) is 0.329. The molecule has 0 aliphatic heterocycles. The summed E-state index contributed by atoms with van der Waals surface area (Å²) >= 11 is 4.17. The fourth-order valence-electron chi connectivity index (χ4n) is 0.519. The Morgan fingerprint density at radius 1 is 1.15 bits per heavy atom. The Bertz CT molecular complexity index is 266. The van der Waals surface area contributed by atoms with Gasteiger partial charge < -0.3 is 24.7 Å². The van der Waals surface area contributed by atoms with Crippen LogP contribution < -0.4 is 0 Å². The molecule has 5 N–H and O–H groups in total. The summed E-state index contributed by atoms with van der Waals surface area (Å²) in [6.45, 7) is 0. The summed E-state index contributed by atoms with van der Waals surface area (Å²) < 4.78 is 21.2. The minimum absolute atomic E-state index is 0.651. The lowest BCUT2D eigenvalue weighted by atomic mass is 10.5. The molecule has 0 aliphatic carbocycles. The highest BCUT2D eigenvalue weighted by Crippen LogP contribution is 2.68. The fraction of sp³-hybridized carbons (Fsp3) is 0.667. The second-order valence-electron chi connectivity index (χ2n) is 2.23. The lowest BCUT2D eigenvalue weighted by Gasteiger charge is -2.27. The van der Waals surface area contributed by atoms with Gasteiger partial charge in [-0.15, -0.1) is 0 Å². The van der Waals surface area contributed by atoms with E-state index in [2.05, 4.69) is 12.2 Å². The molecule has 0 aliphatic rings. The van der Waals surface area contributed by atoms with Gasteiger partial charge in [-0.3, -0.25) is 9.13 Å². The first-order valence-corrected chi connectivity index (χ1v) is 6.53. The first-order chi connectivity index (χ1) is 5.56. The first-order valence-electron chi connectivity index (χ1n) is 2.83. The van der Waals surface area contributed by atoms with Gasteiger partial charge in [0.2, 0.25) is 0 Å². The average Bonchev–Trinajstić information content (AvgIpc) is 1.82. The van der Waals surface area contributed by atoms with Crippen LogP contribution in [-0.2, 0) is 9.13 Å². The van der Waals surface area contributed by atoms with Crippen LogP contribution >= 0.6 is 27.4 Å². The topological polar surface area (TPSA) is 135 Å². The zero-order valence-corrected chi connectivity index (χ0v) is 8.75. The second-order valence-corrected chi connectivity index (χ2v) is 6.58.